The third-order valence-electron chi connectivity index (χ3n) is 6.06. The average molecular weight is 307 g/mol. The minimum Gasteiger partial charge on any atom is -0.368 e. The monoisotopic (exact) mass is 307 g/mol. The molecule has 2 bridgehead atoms. The molecule has 1 heterocycles. The van der Waals surface area contributed by atoms with Crippen molar-refractivity contribution < 1.29 is 4.74 Å². The topological polar surface area (TPSA) is 22.1 Å². The Balaban J connectivity index is 1.51. The van der Waals surface area contributed by atoms with Gasteiger partial charge in [-0.1, -0.05) is 50.2 Å². The first-order chi connectivity index (χ1) is 11.1. The van der Waals surface area contributed by atoms with Gasteiger partial charge in [-0.05, 0) is 48.3 Å². The van der Waals surface area contributed by atoms with Crippen LogP contribution >= 0.6 is 0 Å². The summed E-state index contributed by atoms with van der Waals surface area (Å²) in [5, 5.41) is 0. The van der Waals surface area contributed by atoms with E-state index in [1.165, 1.54) is 29.7 Å². The Kier molecular flexibility index (Phi) is 3.53. The van der Waals surface area contributed by atoms with Crippen molar-refractivity contribution in [2.75, 3.05) is 0 Å². The number of hydrogen-bond donors (Lipinski definition) is 0. The van der Waals surface area contributed by atoms with E-state index in [0.29, 0.717) is 17.9 Å². The van der Waals surface area contributed by atoms with E-state index in [1.54, 1.807) is 0 Å². The van der Waals surface area contributed by atoms with Crippen molar-refractivity contribution in [2.24, 2.45) is 11.3 Å². The molecule has 0 amide bonds. The quantitative estimate of drug-likeness (QED) is 0.789. The van der Waals surface area contributed by atoms with Crippen molar-refractivity contribution in [1.29, 1.82) is 0 Å². The van der Waals surface area contributed by atoms with Crippen LogP contribution in [-0.2, 0) is 17.8 Å². The van der Waals surface area contributed by atoms with Gasteiger partial charge in [-0.2, -0.15) is 0 Å². The Bertz CT molecular complexity index is 707. The summed E-state index contributed by atoms with van der Waals surface area (Å²) in [6.07, 6.45) is 2.54. The normalized spacial score (nSPS) is 25.3. The van der Waals surface area contributed by atoms with Crippen LogP contribution in [0.25, 0.3) is 0 Å². The molecule has 1 unspecified atom stereocenters. The van der Waals surface area contributed by atoms with Crippen LogP contribution in [0.15, 0.2) is 42.5 Å². The fourth-order valence-corrected chi connectivity index (χ4v) is 4.19. The molecule has 0 N–H and O–H groups in total. The summed E-state index contributed by atoms with van der Waals surface area (Å²) in [6, 6.07) is 14.8. The minimum absolute atomic E-state index is 0.0291. The summed E-state index contributed by atoms with van der Waals surface area (Å²) < 4.78 is 6.04. The second-order valence-electron chi connectivity index (χ2n) is 7.73. The molecule has 120 valence electrons. The summed E-state index contributed by atoms with van der Waals surface area (Å²) >= 11 is 0. The molecule has 3 aliphatic carbocycles. The van der Waals surface area contributed by atoms with E-state index in [2.05, 4.69) is 57.2 Å². The number of hydrogen-bond acceptors (Lipinski definition) is 2. The SMILES string of the molecule is CC(OCc1ccccc1)c1ccc2c(n1)[C@@H]1C[C@H](C2)C1(C)C. The van der Waals surface area contributed by atoms with E-state index in [9.17, 15) is 0 Å². The van der Waals surface area contributed by atoms with E-state index in [1.807, 2.05) is 6.07 Å². The van der Waals surface area contributed by atoms with Gasteiger partial charge in [0.1, 0.15) is 0 Å². The Hall–Kier alpha value is -1.67. The third-order valence-corrected chi connectivity index (χ3v) is 6.06. The molecule has 2 heteroatoms. The molecule has 3 atom stereocenters. The molecule has 3 aliphatic rings. The van der Waals surface area contributed by atoms with Gasteiger partial charge >= 0.3 is 0 Å². The summed E-state index contributed by atoms with van der Waals surface area (Å²) in [4.78, 5) is 5.02. The van der Waals surface area contributed by atoms with Crippen LogP contribution in [0.1, 0.15) is 61.7 Å². The molecule has 23 heavy (non-hydrogen) atoms. The maximum Gasteiger partial charge on any atom is 0.0971 e. The lowest BCUT2D eigenvalue weighted by atomic mass is 9.48. The molecular formula is C21H25NO. The highest BCUT2D eigenvalue weighted by Gasteiger charge is 2.53. The summed E-state index contributed by atoms with van der Waals surface area (Å²) in [5.74, 6) is 1.48. The van der Waals surface area contributed by atoms with Crippen LogP contribution < -0.4 is 0 Å². The van der Waals surface area contributed by atoms with Crippen LogP contribution in [0, 0.1) is 11.3 Å². The Morgan fingerprint density at radius 3 is 2.70 bits per heavy atom. The first-order valence-corrected chi connectivity index (χ1v) is 8.71. The lowest BCUT2D eigenvalue weighted by molar-refractivity contribution is 0.0137. The molecule has 2 aromatic rings. The van der Waals surface area contributed by atoms with E-state index >= 15 is 0 Å². The first kappa shape index (κ1) is 14.9. The molecule has 0 spiro atoms. The van der Waals surface area contributed by atoms with Crippen LogP contribution in [0.4, 0.5) is 0 Å². The summed E-state index contributed by atoms with van der Waals surface area (Å²) in [6.45, 7) is 7.55. The number of ether oxygens (including phenoxy) is 1. The van der Waals surface area contributed by atoms with Crippen molar-refractivity contribution in [1.82, 2.24) is 4.98 Å². The first-order valence-electron chi connectivity index (χ1n) is 8.71. The standard InChI is InChI=1S/C21H25NO/c1-14(23-13-15-7-5-4-6-8-15)19-10-9-16-11-17-12-18(20(16)22-19)21(17,2)3/h4-10,14,17-18H,11-13H2,1-3H3/t14?,17-,18-/m0/s1. The van der Waals surface area contributed by atoms with Crippen LogP contribution in [0.5, 0.6) is 0 Å². The molecule has 5 rings (SSSR count). The number of pyridine rings is 1. The predicted octanol–water partition coefficient (Wildman–Crippen LogP) is 5.05. The van der Waals surface area contributed by atoms with Crippen LogP contribution in [0.3, 0.4) is 0 Å². The molecule has 1 saturated carbocycles. The average Bonchev–Trinajstić information content (AvgIpc) is 2.59. The fraction of sp³-hybridized carbons (Fsp3) is 0.476. The maximum atomic E-state index is 6.04. The van der Waals surface area contributed by atoms with E-state index in [4.69, 9.17) is 9.72 Å². The minimum atomic E-state index is 0.0291. The molecule has 1 aromatic heterocycles. The predicted molar refractivity (Wildman–Crippen MR) is 92.2 cm³/mol. The second kappa shape index (κ2) is 5.45. The van der Waals surface area contributed by atoms with Crippen molar-refractivity contribution >= 4 is 0 Å². The van der Waals surface area contributed by atoms with E-state index in [0.717, 1.165) is 11.6 Å². The van der Waals surface area contributed by atoms with Gasteiger partial charge in [-0.25, -0.2) is 0 Å². The molecular weight excluding hydrogens is 282 g/mol. The van der Waals surface area contributed by atoms with Gasteiger partial charge in [-0.15, -0.1) is 0 Å². The molecule has 1 aromatic carbocycles. The van der Waals surface area contributed by atoms with Gasteiger partial charge in [0.05, 0.1) is 18.4 Å². The number of nitrogens with zero attached hydrogens (tertiary/aromatic N) is 1. The summed E-state index contributed by atoms with van der Waals surface area (Å²) in [7, 11) is 0. The zero-order valence-corrected chi connectivity index (χ0v) is 14.3. The highest BCUT2D eigenvalue weighted by molar-refractivity contribution is 5.36. The highest BCUT2D eigenvalue weighted by atomic mass is 16.5. The number of benzene rings is 1. The molecule has 2 nitrogen and oxygen atoms in total. The molecule has 0 aliphatic heterocycles. The zero-order chi connectivity index (χ0) is 16.0. The molecule has 0 saturated heterocycles. The largest absolute Gasteiger partial charge is 0.368 e. The van der Waals surface area contributed by atoms with Crippen LogP contribution in [0.2, 0.25) is 0 Å². The Labute approximate surface area is 138 Å². The van der Waals surface area contributed by atoms with Gasteiger partial charge in [-0.3, -0.25) is 4.98 Å². The van der Waals surface area contributed by atoms with Gasteiger partial charge in [0, 0.05) is 11.6 Å². The van der Waals surface area contributed by atoms with Crippen LogP contribution in [-0.4, -0.2) is 4.98 Å². The fourth-order valence-electron chi connectivity index (χ4n) is 4.19. The molecule has 1 fully saturated rings. The van der Waals surface area contributed by atoms with Crippen molar-refractivity contribution in [3.05, 3.63) is 65.0 Å². The van der Waals surface area contributed by atoms with Crippen molar-refractivity contribution in [3.63, 3.8) is 0 Å². The summed E-state index contributed by atoms with van der Waals surface area (Å²) in [5.41, 5.74) is 5.50. The number of aromatic nitrogens is 1. The van der Waals surface area contributed by atoms with E-state index < -0.39 is 0 Å². The number of rotatable bonds is 4. The van der Waals surface area contributed by atoms with Gasteiger partial charge < -0.3 is 4.74 Å². The maximum absolute atomic E-state index is 6.04. The van der Waals surface area contributed by atoms with Crippen molar-refractivity contribution in [2.45, 2.75) is 52.2 Å². The molecule has 0 radical (unpaired) electrons. The lowest BCUT2D eigenvalue weighted by Gasteiger charge is -2.56. The third kappa shape index (κ3) is 2.49. The zero-order valence-electron chi connectivity index (χ0n) is 14.3. The van der Waals surface area contributed by atoms with Gasteiger partial charge in [0.25, 0.3) is 0 Å². The van der Waals surface area contributed by atoms with Crippen molar-refractivity contribution in [3.8, 4) is 0 Å². The van der Waals surface area contributed by atoms with E-state index in [-0.39, 0.29) is 6.10 Å². The smallest absolute Gasteiger partial charge is 0.0971 e. The van der Waals surface area contributed by atoms with Gasteiger partial charge in [0.2, 0.25) is 0 Å². The Morgan fingerprint density at radius 1 is 1.17 bits per heavy atom. The second-order valence-corrected chi connectivity index (χ2v) is 7.73. The Morgan fingerprint density at radius 2 is 1.96 bits per heavy atom. The lowest BCUT2D eigenvalue weighted by Crippen LogP contribution is -2.48. The highest BCUT2D eigenvalue weighted by Crippen LogP contribution is 2.61. The van der Waals surface area contributed by atoms with Gasteiger partial charge in [0.15, 0.2) is 0 Å².